The summed E-state index contributed by atoms with van der Waals surface area (Å²) in [5.74, 6) is -1.84. The van der Waals surface area contributed by atoms with Gasteiger partial charge < -0.3 is 9.30 Å². The van der Waals surface area contributed by atoms with Crippen molar-refractivity contribution in [2.45, 2.75) is 39.1 Å². The standard InChI is InChI=1S/C14H15F3N2O2/c1-13(2,3)21-11(20)8-19-10-7-5-4-6-9(10)18-12(19)14(15,16)17/h4-7H,8H2,1-3H3. The van der Waals surface area contributed by atoms with Crippen molar-refractivity contribution in [3.8, 4) is 0 Å². The second kappa shape index (κ2) is 5.05. The molecule has 0 unspecified atom stereocenters. The maximum Gasteiger partial charge on any atom is 0.449 e. The van der Waals surface area contributed by atoms with Crippen LogP contribution in [0.25, 0.3) is 11.0 Å². The van der Waals surface area contributed by atoms with Crippen LogP contribution >= 0.6 is 0 Å². The van der Waals surface area contributed by atoms with Crippen LogP contribution in [-0.4, -0.2) is 21.1 Å². The van der Waals surface area contributed by atoms with Crippen LogP contribution in [0.2, 0.25) is 0 Å². The lowest BCUT2D eigenvalue weighted by molar-refractivity contribution is -0.158. The molecule has 2 aromatic rings. The van der Waals surface area contributed by atoms with Crippen LogP contribution in [0, 0.1) is 0 Å². The lowest BCUT2D eigenvalue weighted by Crippen LogP contribution is -2.28. The number of esters is 1. The van der Waals surface area contributed by atoms with Crippen LogP contribution in [0.15, 0.2) is 24.3 Å². The van der Waals surface area contributed by atoms with E-state index < -0.39 is 30.1 Å². The number of para-hydroxylation sites is 2. The van der Waals surface area contributed by atoms with Gasteiger partial charge in [-0.25, -0.2) is 4.98 Å². The minimum Gasteiger partial charge on any atom is -0.459 e. The van der Waals surface area contributed by atoms with Gasteiger partial charge in [0, 0.05) is 0 Å². The van der Waals surface area contributed by atoms with Crippen molar-refractivity contribution in [1.29, 1.82) is 0 Å². The molecular formula is C14H15F3N2O2. The van der Waals surface area contributed by atoms with Crippen LogP contribution in [0.1, 0.15) is 26.6 Å². The Morgan fingerprint density at radius 2 is 1.86 bits per heavy atom. The average Bonchev–Trinajstić information content (AvgIpc) is 2.66. The van der Waals surface area contributed by atoms with Crippen molar-refractivity contribution in [2.75, 3.05) is 0 Å². The quantitative estimate of drug-likeness (QED) is 0.798. The summed E-state index contributed by atoms with van der Waals surface area (Å²) in [5.41, 5.74) is -0.324. The fourth-order valence-electron chi connectivity index (χ4n) is 1.95. The molecule has 0 fully saturated rings. The molecule has 1 heterocycles. The van der Waals surface area contributed by atoms with Gasteiger partial charge in [0.2, 0.25) is 5.82 Å². The molecule has 0 aliphatic rings. The van der Waals surface area contributed by atoms with Crippen molar-refractivity contribution < 1.29 is 22.7 Å². The van der Waals surface area contributed by atoms with Crippen LogP contribution in [-0.2, 0) is 22.3 Å². The molecule has 7 heteroatoms. The van der Waals surface area contributed by atoms with Gasteiger partial charge in [-0.1, -0.05) is 12.1 Å². The Morgan fingerprint density at radius 1 is 1.24 bits per heavy atom. The van der Waals surface area contributed by atoms with Crippen molar-refractivity contribution in [1.82, 2.24) is 9.55 Å². The number of alkyl halides is 3. The smallest absolute Gasteiger partial charge is 0.449 e. The van der Waals surface area contributed by atoms with E-state index in [4.69, 9.17) is 4.74 Å². The topological polar surface area (TPSA) is 44.1 Å². The summed E-state index contributed by atoms with van der Waals surface area (Å²) < 4.78 is 45.0. The number of ether oxygens (including phenoxy) is 1. The van der Waals surface area contributed by atoms with Crippen molar-refractivity contribution in [2.24, 2.45) is 0 Å². The zero-order valence-corrected chi connectivity index (χ0v) is 11.9. The number of carbonyl (C=O) groups is 1. The first kappa shape index (κ1) is 15.3. The third kappa shape index (κ3) is 3.53. The SMILES string of the molecule is CC(C)(C)OC(=O)Cn1c(C(F)(F)F)nc2ccccc21. The second-order valence-corrected chi connectivity index (χ2v) is 5.59. The van der Waals surface area contributed by atoms with E-state index in [2.05, 4.69) is 4.98 Å². The van der Waals surface area contributed by atoms with E-state index in [-0.39, 0.29) is 11.0 Å². The minimum absolute atomic E-state index is 0.188. The van der Waals surface area contributed by atoms with Crippen LogP contribution < -0.4 is 0 Å². The second-order valence-electron chi connectivity index (χ2n) is 5.59. The molecule has 0 aliphatic carbocycles. The summed E-state index contributed by atoms with van der Waals surface area (Å²) in [7, 11) is 0. The Hall–Kier alpha value is -2.05. The van der Waals surface area contributed by atoms with E-state index >= 15 is 0 Å². The fourth-order valence-corrected chi connectivity index (χ4v) is 1.95. The lowest BCUT2D eigenvalue weighted by Gasteiger charge is -2.20. The molecule has 2 rings (SSSR count). The van der Waals surface area contributed by atoms with E-state index in [1.165, 1.54) is 12.1 Å². The molecule has 0 saturated heterocycles. The first-order valence-corrected chi connectivity index (χ1v) is 6.32. The Labute approximate surface area is 119 Å². The summed E-state index contributed by atoms with van der Waals surface area (Å²) >= 11 is 0. The molecule has 0 saturated carbocycles. The normalized spacial score (nSPS) is 12.7. The summed E-state index contributed by atoms with van der Waals surface area (Å²) in [6.45, 7) is 4.43. The number of carbonyl (C=O) groups excluding carboxylic acids is 1. The average molecular weight is 300 g/mol. The monoisotopic (exact) mass is 300 g/mol. The molecule has 0 spiro atoms. The Kier molecular flexibility index (Phi) is 3.69. The highest BCUT2D eigenvalue weighted by Gasteiger charge is 2.38. The van der Waals surface area contributed by atoms with E-state index in [0.29, 0.717) is 0 Å². The number of halogens is 3. The van der Waals surface area contributed by atoms with E-state index in [1.54, 1.807) is 32.9 Å². The molecule has 0 radical (unpaired) electrons. The predicted molar refractivity (Wildman–Crippen MR) is 70.6 cm³/mol. The number of hydrogen-bond donors (Lipinski definition) is 0. The molecule has 0 N–H and O–H groups in total. The molecule has 21 heavy (non-hydrogen) atoms. The van der Waals surface area contributed by atoms with Gasteiger partial charge in [0.15, 0.2) is 0 Å². The summed E-state index contributed by atoms with van der Waals surface area (Å²) in [4.78, 5) is 15.4. The maximum absolute atomic E-state index is 13.0. The van der Waals surface area contributed by atoms with Crippen LogP contribution in [0.5, 0.6) is 0 Å². The molecular weight excluding hydrogens is 285 g/mol. The van der Waals surface area contributed by atoms with Gasteiger partial charge in [-0.05, 0) is 32.9 Å². The van der Waals surface area contributed by atoms with Crippen molar-refractivity contribution in [3.63, 3.8) is 0 Å². The van der Waals surface area contributed by atoms with Gasteiger partial charge in [0.25, 0.3) is 0 Å². The highest BCUT2D eigenvalue weighted by molar-refractivity contribution is 5.79. The zero-order chi connectivity index (χ0) is 15.8. The largest absolute Gasteiger partial charge is 0.459 e. The number of benzene rings is 1. The maximum atomic E-state index is 13.0. The Morgan fingerprint density at radius 3 is 2.43 bits per heavy atom. The number of fused-ring (bicyclic) bond motifs is 1. The lowest BCUT2D eigenvalue weighted by atomic mass is 10.2. The summed E-state index contributed by atoms with van der Waals surface area (Å²) in [5, 5.41) is 0. The number of nitrogens with zero attached hydrogens (tertiary/aromatic N) is 2. The molecule has 1 aromatic heterocycles. The first-order valence-electron chi connectivity index (χ1n) is 6.32. The van der Waals surface area contributed by atoms with Gasteiger partial charge in [0.05, 0.1) is 11.0 Å². The van der Waals surface area contributed by atoms with Gasteiger partial charge in [0.1, 0.15) is 12.1 Å². The minimum atomic E-state index is -4.64. The van der Waals surface area contributed by atoms with E-state index in [9.17, 15) is 18.0 Å². The summed E-state index contributed by atoms with van der Waals surface area (Å²) in [6, 6.07) is 6.14. The number of rotatable bonds is 2. The molecule has 0 aliphatic heterocycles. The third-order valence-electron chi connectivity index (χ3n) is 2.62. The number of imidazole rings is 1. The third-order valence-corrected chi connectivity index (χ3v) is 2.62. The number of hydrogen-bond acceptors (Lipinski definition) is 3. The van der Waals surface area contributed by atoms with E-state index in [0.717, 1.165) is 4.57 Å². The fraction of sp³-hybridized carbons (Fsp3) is 0.429. The molecule has 0 amide bonds. The number of aromatic nitrogens is 2. The van der Waals surface area contributed by atoms with E-state index in [1.807, 2.05) is 0 Å². The van der Waals surface area contributed by atoms with Crippen molar-refractivity contribution >= 4 is 17.0 Å². The van der Waals surface area contributed by atoms with Crippen LogP contribution in [0.4, 0.5) is 13.2 Å². The highest BCUT2D eigenvalue weighted by atomic mass is 19.4. The molecule has 0 atom stereocenters. The van der Waals surface area contributed by atoms with Gasteiger partial charge in [-0.15, -0.1) is 0 Å². The van der Waals surface area contributed by atoms with Crippen LogP contribution in [0.3, 0.4) is 0 Å². The highest BCUT2D eigenvalue weighted by Crippen LogP contribution is 2.31. The van der Waals surface area contributed by atoms with Gasteiger partial charge >= 0.3 is 12.1 Å². The predicted octanol–water partition coefficient (Wildman–Crippen LogP) is 3.40. The summed E-state index contributed by atoms with van der Waals surface area (Å²) in [6.07, 6.45) is -4.64. The molecule has 4 nitrogen and oxygen atoms in total. The Bertz CT molecular complexity index is 669. The Balaban J connectivity index is 2.44. The molecule has 0 bridgehead atoms. The molecule has 114 valence electrons. The first-order chi connectivity index (χ1) is 9.58. The van der Waals surface area contributed by atoms with Gasteiger partial charge in [-0.2, -0.15) is 13.2 Å². The van der Waals surface area contributed by atoms with Gasteiger partial charge in [-0.3, -0.25) is 4.79 Å². The molecule has 1 aromatic carbocycles. The zero-order valence-electron chi connectivity index (χ0n) is 11.9. The van der Waals surface area contributed by atoms with Crippen molar-refractivity contribution in [3.05, 3.63) is 30.1 Å².